The average Bonchev–Trinajstić information content (AvgIpc) is 3.47. The van der Waals surface area contributed by atoms with Gasteiger partial charge in [-0.05, 0) is 0 Å². The van der Waals surface area contributed by atoms with E-state index in [0.29, 0.717) is 12.3 Å². The number of likely N-dealkylation sites (tertiary alicyclic amines) is 1. The molecule has 1 aromatic heterocycles. The van der Waals surface area contributed by atoms with Gasteiger partial charge in [-0.2, -0.15) is 0 Å². The molecule has 194 valence electrons. The molecule has 2 amide bonds. The lowest BCUT2D eigenvalue weighted by molar-refractivity contribution is -0.893. The summed E-state index contributed by atoms with van der Waals surface area (Å²) in [6.07, 6.45) is 2.24. The molecule has 4 N–H and O–H groups in total. The van der Waals surface area contributed by atoms with E-state index in [4.69, 9.17) is 20.4 Å². The van der Waals surface area contributed by atoms with Crippen molar-refractivity contribution in [3.05, 3.63) is 22.3 Å². The van der Waals surface area contributed by atoms with E-state index in [1.165, 1.54) is 29.2 Å². The van der Waals surface area contributed by atoms with Crippen LogP contribution in [0.15, 0.2) is 21.8 Å². The van der Waals surface area contributed by atoms with Gasteiger partial charge in [-0.1, -0.05) is 5.16 Å². The first-order valence-electron chi connectivity index (χ1n) is 11.2. The van der Waals surface area contributed by atoms with Gasteiger partial charge in [0.15, 0.2) is 10.8 Å². The number of hydrogen-bond donors (Lipinski definition) is 3. The number of oxime groups is 1. The van der Waals surface area contributed by atoms with Gasteiger partial charge in [0, 0.05) is 29.5 Å². The average molecular weight is 540 g/mol. The molecule has 0 saturated carbocycles. The number of rotatable bonds is 9. The van der Waals surface area contributed by atoms with Gasteiger partial charge in [0.25, 0.3) is 11.8 Å². The Balaban J connectivity index is 1.53. The van der Waals surface area contributed by atoms with Gasteiger partial charge in [0.1, 0.15) is 29.4 Å². The van der Waals surface area contributed by atoms with Crippen molar-refractivity contribution in [2.75, 3.05) is 51.9 Å². The maximum absolute atomic E-state index is 13.2. The third-order valence-corrected chi connectivity index (χ3v) is 8.27. The van der Waals surface area contributed by atoms with E-state index in [2.05, 4.69) is 22.5 Å². The Bertz CT molecular complexity index is 1140. The predicted molar refractivity (Wildman–Crippen MR) is 131 cm³/mol. The first kappa shape index (κ1) is 25.9. The number of anilines is 1. The number of nitrogens with one attached hydrogen (secondary N) is 1. The van der Waals surface area contributed by atoms with Crippen LogP contribution in [0.1, 0.15) is 18.5 Å². The van der Waals surface area contributed by atoms with E-state index in [-0.39, 0.29) is 22.2 Å². The molecule has 36 heavy (non-hydrogen) atoms. The van der Waals surface area contributed by atoms with Crippen LogP contribution in [-0.2, 0) is 28.8 Å². The molecule has 0 bridgehead atoms. The van der Waals surface area contributed by atoms with Crippen LogP contribution in [0.25, 0.3) is 0 Å². The third-order valence-electron chi connectivity index (χ3n) is 6.25. The van der Waals surface area contributed by atoms with E-state index in [1.54, 1.807) is 0 Å². The molecule has 1 aromatic rings. The highest BCUT2D eigenvalue weighted by Gasteiger charge is 2.55. The Morgan fingerprint density at radius 2 is 2.08 bits per heavy atom. The third kappa shape index (κ3) is 5.17. The molecule has 3 aliphatic heterocycles. The fraction of sp³-hybridized carbons (Fsp3) is 0.524. The Morgan fingerprint density at radius 1 is 1.36 bits per heavy atom. The lowest BCUT2D eigenvalue weighted by atomic mass is 10.0. The molecular formula is C21H27N6O7S2+. The molecule has 4 rings (SSSR count). The van der Waals surface area contributed by atoms with Crippen molar-refractivity contribution in [3.63, 3.8) is 0 Å². The second-order valence-corrected chi connectivity index (χ2v) is 10.9. The molecule has 3 aliphatic rings. The summed E-state index contributed by atoms with van der Waals surface area (Å²) >= 11 is 2.52. The van der Waals surface area contributed by atoms with Crippen molar-refractivity contribution in [3.8, 4) is 0 Å². The summed E-state index contributed by atoms with van der Waals surface area (Å²) in [5.41, 5.74) is 6.52. The molecule has 13 nitrogen and oxygen atoms in total. The van der Waals surface area contributed by atoms with Gasteiger partial charge in [0.05, 0.1) is 27.2 Å². The van der Waals surface area contributed by atoms with Gasteiger partial charge in [-0.25, -0.2) is 14.6 Å². The maximum atomic E-state index is 13.2. The summed E-state index contributed by atoms with van der Waals surface area (Å²) in [6, 6.07) is -0.930. The SMILES string of the molecule is COC(=O)C1=C(C[N+]2(C)CCCC2)CS[C@@H]2[C@H](NC(=O)/C(=N\OCC(=O)O)c3csc(N)n3)C(=O)N12. The lowest BCUT2D eigenvalue weighted by Gasteiger charge is -2.50. The monoisotopic (exact) mass is 539 g/mol. The summed E-state index contributed by atoms with van der Waals surface area (Å²) < 4.78 is 5.80. The largest absolute Gasteiger partial charge is 0.479 e. The van der Waals surface area contributed by atoms with Crippen LogP contribution in [0.4, 0.5) is 5.13 Å². The number of likely N-dealkylation sites (N-methyl/N-ethyl adjacent to an activating group) is 1. The van der Waals surface area contributed by atoms with E-state index in [0.717, 1.165) is 47.3 Å². The number of methoxy groups -OCH3 is 1. The molecule has 0 aliphatic carbocycles. The van der Waals surface area contributed by atoms with E-state index >= 15 is 0 Å². The van der Waals surface area contributed by atoms with Gasteiger partial charge in [-0.15, -0.1) is 23.1 Å². The first-order valence-corrected chi connectivity index (χ1v) is 13.1. The number of amides is 2. The minimum Gasteiger partial charge on any atom is -0.479 e. The first-order chi connectivity index (χ1) is 17.1. The number of aliphatic carboxylic acids is 1. The smallest absolute Gasteiger partial charge is 0.355 e. The number of carboxylic acid groups (broad SMARTS) is 1. The highest BCUT2D eigenvalue weighted by atomic mass is 32.2. The zero-order valence-electron chi connectivity index (χ0n) is 19.8. The quantitative estimate of drug-likeness (QED) is 0.123. The number of nitrogens with two attached hydrogens (primary N) is 1. The number of esters is 1. The number of β-lactam (4-membered cyclic amide) rings is 1. The molecule has 15 heteroatoms. The molecule has 2 atom stereocenters. The number of carbonyl (C=O) groups is 4. The Kier molecular flexibility index (Phi) is 7.51. The van der Waals surface area contributed by atoms with Crippen molar-refractivity contribution in [2.45, 2.75) is 24.3 Å². The zero-order valence-corrected chi connectivity index (χ0v) is 21.4. The number of hydrogen-bond acceptors (Lipinski definition) is 11. The van der Waals surface area contributed by atoms with Crippen LogP contribution in [0.5, 0.6) is 0 Å². The minimum absolute atomic E-state index is 0.0836. The summed E-state index contributed by atoms with van der Waals surface area (Å²) in [6.45, 7) is 1.89. The highest BCUT2D eigenvalue weighted by molar-refractivity contribution is 8.00. The zero-order chi connectivity index (χ0) is 26.0. The number of fused-ring (bicyclic) bond motifs is 1. The Hall–Kier alpha value is -3.17. The Labute approximate surface area is 214 Å². The van der Waals surface area contributed by atoms with Crippen LogP contribution in [0.3, 0.4) is 0 Å². The normalized spacial score (nSPS) is 23.1. The molecule has 2 fully saturated rings. The summed E-state index contributed by atoms with van der Waals surface area (Å²) in [5.74, 6) is -2.58. The number of ether oxygens (including phenoxy) is 1. The van der Waals surface area contributed by atoms with E-state index < -0.39 is 41.8 Å². The molecule has 2 saturated heterocycles. The van der Waals surface area contributed by atoms with Crippen molar-refractivity contribution in [1.29, 1.82) is 0 Å². The number of thioether (sulfide) groups is 1. The molecule has 0 unspecified atom stereocenters. The number of carboxylic acids is 1. The number of carbonyl (C=O) groups excluding carboxylic acids is 3. The summed E-state index contributed by atoms with van der Waals surface area (Å²) in [4.78, 5) is 59.8. The van der Waals surface area contributed by atoms with Crippen molar-refractivity contribution in [1.82, 2.24) is 15.2 Å². The van der Waals surface area contributed by atoms with Crippen LogP contribution in [0, 0.1) is 0 Å². The van der Waals surface area contributed by atoms with Gasteiger partial charge < -0.3 is 30.2 Å². The second kappa shape index (κ2) is 10.4. The standard InChI is InChI=1S/C21H26N6O7S2/c1-27(5-3-4-6-27)7-11-9-35-19-15(18(31)26(19)16(11)20(32)33-2)24-17(30)14(25-34-8-13(28)29)12-10-36-21(22)23-12/h10,15,19H,3-9H2,1-2H3,(H3-,22,23,24,28,29,30)/p+1/b25-14-/t15-,19-/m1/s1. The van der Waals surface area contributed by atoms with Crippen LogP contribution >= 0.6 is 23.1 Å². The van der Waals surface area contributed by atoms with Crippen molar-refractivity contribution in [2.24, 2.45) is 5.16 Å². The number of nitrogen functional groups attached to an aromatic ring is 1. The topological polar surface area (TPSA) is 174 Å². The fourth-order valence-electron chi connectivity index (χ4n) is 4.57. The van der Waals surface area contributed by atoms with Crippen molar-refractivity contribution < 1.29 is 38.3 Å². The van der Waals surface area contributed by atoms with Crippen LogP contribution in [-0.4, -0.2) is 107 Å². The van der Waals surface area contributed by atoms with Crippen molar-refractivity contribution >= 4 is 57.7 Å². The van der Waals surface area contributed by atoms with Gasteiger partial charge in [0.2, 0.25) is 6.61 Å². The molecular weight excluding hydrogens is 512 g/mol. The minimum atomic E-state index is -1.28. The molecule has 4 heterocycles. The second-order valence-electron chi connectivity index (χ2n) is 8.91. The summed E-state index contributed by atoms with van der Waals surface area (Å²) in [7, 11) is 3.42. The number of quaternary nitrogens is 1. The van der Waals surface area contributed by atoms with Crippen LogP contribution < -0.4 is 11.1 Å². The Morgan fingerprint density at radius 3 is 2.69 bits per heavy atom. The predicted octanol–water partition coefficient (Wildman–Crippen LogP) is -0.402. The van der Waals surface area contributed by atoms with Crippen LogP contribution in [0.2, 0.25) is 0 Å². The van der Waals surface area contributed by atoms with E-state index in [9.17, 15) is 19.2 Å². The number of thiazole rings is 1. The lowest BCUT2D eigenvalue weighted by Crippen LogP contribution is -2.71. The summed E-state index contributed by atoms with van der Waals surface area (Å²) in [5, 5.41) is 16.2. The number of nitrogens with zero attached hydrogens (tertiary/aromatic N) is 4. The van der Waals surface area contributed by atoms with E-state index in [1.807, 2.05) is 0 Å². The molecule has 0 spiro atoms. The number of aromatic nitrogens is 1. The van der Waals surface area contributed by atoms with Gasteiger partial charge in [-0.3, -0.25) is 14.5 Å². The molecule has 0 radical (unpaired) electrons. The van der Waals surface area contributed by atoms with Gasteiger partial charge >= 0.3 is 11.9 Å². The maximum Gasteiger partial charge on any atom is 0.355 e. The fourth-order valence-corrected chi connectivity index (χ4v) is 6.45. The molecule has 0 aromatic carbocycles. The highest BCUT2D eigenvalue weighted by Crippen LogP contribution is 2.41.